The first-order valence-electron chi connectivity index (χ1n) is 7.56. The monoisotopic (exact) mass is 355 g/mol. The first-order chi connectivity index (χ1) is 12.0. The summed E-state index contributed by atoms with van der Waals surface area (Å²) in [6.07, 6.45) is 1.54. The van der Waals surface area contributed by atoms with Gasteiger partial charge in [0.25, 0.3) is 5.91 Å². The van der Waals surface area contributed by atoms with Gasteiger partial charge in [-0.05, 0) is 42.5 Å². The Morgan fingerprint density at radius 1 is 1.08 bits per heavy atom. The number of para-hydroxylation sites is 1. The Morgan fingerprint density at radius 2 is 1.80 bits per heavy atom. The molecule has 25 heavy (non-hydrogen) atoms. The number of pyridine rings is 1. The third-order valence-electron chi connectivity index (χ3n) is 3.64. The summed E-state index contributed by atoms with van der Waals surface area (Å²) in [6, 6.07) is 17.0. The first kappa shape index (κ1) is 16.9. The van der Waals surface area contributed by atoms with Crippen LogP contribution in [0.25, 0.3) is 0 Å². The van der Waals surface area contributed by atoms with Crippen LogP contribution in [0, 0.1) is 5.82 Å². The Balaban J connectivity index is 1.81. The molecule has 126 valence electrons. The fraction of sp³-hybridized carbons (Fsp3) is 0.0526. The Labute approximate surface area is 149 Å². The molecular weight excluding hydrogens is 341 g/mol. The molecule has 0 bridgehead atoms. The summed E-state index contributed by atoms with van der Waals surface area (Å²) in [6.45, 7) is 0. The molecule has 0 fully saturated rings. The number of aromatic nitrogens is 1. The number of carbonyl (C=O) groups excluding carboxylic acids is 1. The van der Waals surface area contributed by atoms with E-state index in [-0.39, 0.29) is 10.9 Å². The number of amides is 1. The van der Waals surface area contributed by atoms with Gasteiger partial charge in [0.15, 0.2) is 0 Å². The minimum absolute atomic E-state index is 0.0270. The molecule has 6 heteroatoms. The molecule has 0 saturated carbocycles. The number of benzene rings is 2. The smallest absolute Gasteiger partial charge is 0.276 e. The fourth-order valence-electron chi connectivity index (χ4n) is 2.31. The SMILES string of the molecule is CN(C(=O)c1cc(Nc2ccc(F)c(Cl)c2)ccn1)c1ccccc1. The number of halogens is 2. The Morgan fingerprint density at radius 3 is 2.52 bits per heavy atom. The highest BCUT2D eigenvalue weighted by Gasteiger charge is 2.15. The van der Waals surface area contributed by atoms with Gasteiger partial charge < -0.3 is 10.2 Å². The third-order valence-corrected chi connectivity index (χ3v) is 3.93. The van der Waals surface area contributed by atoms with Gasteiger partial charge in [-0.15, -0.1) is 0 Å². The van der Waals surface area contributed by atoms with Crippen LogP contribution in [0.5, 0.6) is 0 Å². The van der Waals surface area contributed by atoms with E-state index < -0.39 is 5.82 Å². The van der Waals surface area contributed by atoms with Crippen LogP contribution in [0.2, 0.25) is 5.02 Å². The van der Waals surface area contributed by atoms with E-state index in [1.54, 1.807) is 31.4 Å². The van der Waals surface area contributed by atoms with E-state index in [2.05, 4.69) is 10.3 Å². The maximum Gasteiger partial charge on any atom is 0.276 e. The minimum atomic E-state index is -0.484. The molecule has 3 aromatic rings. The summed E-state index contributed by atoms with van der Waals surface area (Å²) in [7, 11) is 1.69. The van der Waals surface area contributed by atoms with Gasteiger partial charge >= 0.3 is 0 Å². The number of nitrogens with one attached hydrogen (secondary N) is 1. The van der Waals surface area contributed by atoms with Crippen molar-refractivity contribution in [2.75, 3.05) is 17.3 Å². The van der Waals surface area contributed by atoms with Gasteiger partial charge in [0.1, 0.15) is 11.5 Å². The standard InChI is InChI=1S/C19H15ClFN3O/c1-24(15-5-3-2-4-6-15)19(25)18-12-14(9-10-22-18)23-13-7-8-17(21)16(20)11-13/h2-12H,1H3,(H,22,23). The van der Waals surface area contributed by atoms with E-state index >= 15 is 0 Å². The second-order valence-electron chi connectivity index (χ2n) is 5.38. The highest BCUT2D eigenvalue weighted by atomic mass is 35.5. The van der Waals surface area contributed by atoms with Gasteiger partial charge in [0.2, 0.25) is 0 Å². The average Bonchev–Trinajstić information content (AvgIpc) is 2.64. The van der Waals surface area contributed by atoms with Crippen molar-refractivity contribution in [3.63, 3.8) is 0 Å². The molecule has 0 unspecified atom stereocenters. The van der Waals surface area contributed by atoms with Crippen molar-refractivity contribution < 1.29 is 9.18 Å². The van der Waals surface area contributed by atoms with Crippen molar-refractivity contribution in [1.82, 2.24) is 4.98 Å². The molecule has 4 nitrogen and oxygen atoms in total. The molecule has 1 heterocycles. The number of hydrogen-bond acceptors (Lipinski definition) is 3. The van der Waals surface area contributed by atoms with Crippen molar-refractivity contribution >= 4 is 34.6 Å². The minimum Gasteiger partial charge on any atom is -0.355 e. The lowest BCUT2D eigenvalue weighted by molar-refractivity contribution is 0.0988. The number of rotatable bonds is 4. The third kappa shape index (κ3) is 3.95. The van der Waals surface area contributed by atoms with Gasteiger partial charge in [-0.2, -0.15) is 0 Å². The van der Waals surface area contributed by atoms with Crippen molar-refractivity contribution in [3.05, 3.63) is 83.4 Å². The summed E-state index contributed by atoms with van der Waals surface area (Å²) in [5.74, 6) is -0.714. The van der Waals surface area contributed by atoms with E-state index in [1.165, 1.54) is 17.0 Å². The molecule has 2 aromatic carbocycles. The summed E-state index contributed by atoms with van der Waals surface area (Å²) >= 11 is 5.78. The molecular formula is C19H15ClFN3O. The van der Waals surface area contributed by atoms with Crippen LogP contribution >= 0.6 is 11.6 Å². The van der Waals surface area contributed by atoms with E-state index in [4.69, 9.17) is 11.6 Å². The maximum absolute atomic E-state index is 13.2. The highest BCUT2D eigenvalue weighted by molar-refractivity contribution is 6.31. The zero-order valence-corrected chi connectivity index (χ0v) is 14.2. The summed E-state index contributed by atoms with van der Waals surface area (Å²) in [4.78, 5) is 18.3. The molecule has 1 aromatic heterocycles. The van der Waals surface area contributed by atoms with Crippen LogP contribution in [-0.2, 0) is 0 Å². The van der Waals surface area contributed by atoms with Crippen LogP contribution in [0.4, 0.5) is 21.5 Å². The van der Waals surface area contributed by atoms with Crippen LogP contribution in [0.15, 0.2) is 66.9 Å². The van der Waals surface area contributed by atoms with E-state index in [0.717, 1.165) is 5.69 Å². The average molecular weight is 356 g/mol. The van der Waals surface area contributed by atoms with E-state index in [9.17, 15) is 9.18 Å². The second kappa shape index (κ2) is 7.32. The lowest BCUT2D eigenvalue weighted by atomic mass is 10.2. The van der Waals surface area contributed by atoms with Gasteiger partial charge in [0, 0.05) is 30.3 Å². The molecule has 0 radical (unpaired) electrons. The molecule has 0 aliphatic carbocycles. The van der Waals surface area contributed by atoms with Gasteiger partial charge in [-0.25, -0.2) is 4.39 Å². The largest absolute Gasteiger partial charge is 0.355 e. The number of anilines is 3. The van der Waals surface area contributed by atoms with Crippen molar-refractivity contribution in [2.45, 2.75) is 0 Å². The second-order valence-corrected chi connectivity index (χ2v) is 5.79. The highest BCUT2D eigenvalue weighted by Crippen LogP contribution is 2.23. The maximum atomic E-state index is 13.2. The molecule has 3 rings (SSSR count). The van der Waals surface area contributed by atoms with Gasteiger partial charge in [-0.3, -0.25) is 9.78 Å². The van der Waals surface area contributed by atoms with Crippen LogP contribution in [0.1, 0.15) is 10.5 Å². The normalized spacial score (nSPS) is 10.4. The summed E-state index contributed by atoms with van der Waals surface area (Å²) < 4.78 is 13.2. The van der Waals surface area contributed by atoms with Crippen molar-refractivity contribution in [3.8, 4) is 0 Å². The van der Waals surface area contributed by atoms with Gasteiger partial charge in [-0.1, -0.05) is 29.8 Å². The Hall–Kier alpha value is -2.92. The van der Waals surface area contributed by atoms with Crippen LogP contribution in [0.3, 0.4) is 0 Å². The predicted octanol–water partition coefficient (Wildman–Crippen LogP) is 4.89. The lowest BCUT2D eigenvalue weighted by Gasteiger charge is -2.17. The predicted molar refractivity (Wildman–Crippen MR) is 98.1 cm³/mol. The summed E-state index contributed by atoms with van der Waals surface area (Å²) in [5, 5.41) is 3.11. The lowest BCUT2D eigenvalue weighted by Crippen LogP contribution is -2.27. The molecule has 0 aliphatic rings. The number of nitrogens with zero attached hydrogens (tertiary/aromatic N) is 2. The van der Waals surface area contributed by atoms with Crippen LogP contribution in [-0.4, -0.2) is 17.9 Å². The number of carbonyl (C=O) groups is 1. The molecule has 0 aliphatic heterocycles. The zero-order valence-electron chi connectivity index (χ0n) is 13.4. The topological polar surface area (TPSA) is 45.2 Å². The fourth-order valence-corrected chi connectivity index (χ4v) is 2.49. The first-order valence-corrected chi connectivity index (χ1v) is 7.93. The van der Waals surface area contributed by atoms with Crippen molar-refractivity contribution in [2.24, 2.45) is 0 Å². The Bertz CT molecular complexity index is 902. The Kier molecular flexibility index (Phi) is 4.95. The van der Waals surface area contributed by atoms with Crippen LogP contribution < -0.4 is 10.2 Å². The molecule has 0 spiro atoms. The van der Waals surface area contributed by atoms with Gasteiger partial charge in [0.05, 0.1) is 5.02 Å². The molecule has 0 saturated heterocycles. The molecule has 0 atom stereocenters. The quantitative estimate of drug-likeness (QED) is 0.724. The molecule has 1 N–H and O–H groups in total. The van der Waals surface area contributed by atoms with Crippen molar-refractivity contribution in [1.29, 1.82) is 0 Å². The van der Waals surface area contributed by atoms with E-state index in [0.29, 0.717) is 17.1 Å². The number of hydrogen-bond donors (Lipinski definition) is 1. The molecule has 1 amide bonds. The zero-order chi connectivity index (χ0) is 17.8. The summed E-state index contributed by atoms with van der Waals surface area (Å²) in [5.41, 5.74) is 2.34. The van der Waals surface area contributed by atoms with E-state index in [1.807, 2.05) is 30.3 Å².